The van der Waals surface area contributed by atoms with Crippen molar-refractivity contribution in [2.75, 3.05) is 0 Å². The highest BCUT2D eigenvalue weighted by molar-refractivity contribution is 5.50. The van der Waals surface area contributed by atoms with Crippen molar-refractivity contribution in [2.45, 2.75) is 64.3 Å². The Kier molecular flexibility index (Phi) is 2.97. The van der Waals surface area contributed by atoms with Crippen molar-refractivity contribution in [3.8, 4) is 5.75 Å². The van der Waals surface area contributed by atoms with Crippen LogP contribution >= 0.6 is 0 Å². The molecule has 1 aromatic carbocycles. The Labute approximate surface area is 110 Å². The van der Waals surface area contributed by atoms with Gasteiger partial charge < -0.3 is 10.8 Å². The van der Waals surface area contributed by atoms with Crippen molar-refractivity contribution in [1.82, 2.24) is 0 Å². The maximum atomic E-state index is 10.3. The lowest BCUT2D eigenvalue weighted by Crippen LogP contribution is -2.32. The number of rotatable bonds is 2. The molecule has 2 rings (SSSR count). The standard InChI is InChI=1S/C16H25NO/c1-10-8-13(15(3,4)5)14(18)9-12(10)16(6-7-16)11(2)17/h8-9,11,18H,6-7,17H2,1-5H3. The molecule has 0 aromatic heterocycles. The molecule has 1 aromatic rings. The topological polar surface area (TPSA) is 46.2 Å². The zero-order valence-electron chi connectivity index (χ0n) is 12.2. The second kappa shape index (κ2) is 3.99. The maximum Gasteiger partial charge on any atom is 0.119 e. The molecule has 1 saturated carbocycles. The average Bonchev–Trinajstić information content (AvgIpc) is 3.00. The van der Waals surface area contributed by atoms with E-state index in [4.69, 9.17) is 5.73 Å². The summed E-state index contributed by atoms with van der Waals surface area (Å²) in [7, 11) is 0. The summed E-state index contributed by atoms with van der Waals surface area (Å²) in [5.41, 5.74) is 9.72. The fourth-order valence-electron chi connectivity index (χ4n) is 2.94. The van der Waals surface area contributed by atoms with Crippen LogP contribution in [0.2, 0.25) is 0 Å². The molecular formula is C16H25NO. The molecule has 2 heteroatoms. The molecule has 0 spiro atoms. The van der Waals surface area contributed by atoms with Crippen LogP contribution in [0, 0.1) is 6.92 Å². The Hall–Kier alpha value is -1.02. The van der Waals surface area contributed by atoms with Gasteiger partial charge in [-0.2, -0.15) is 0 Å². The maximum absolute atomic E-state index is 10.3. The van der Waals surface area contributed by atoms with Crippen molar-refractivity contribution < 1.29 is 5.11 Å². The third-order valence-corrected chi connectivity index (χ3v) is 4.35. The first kappa shape index (κ1) is 13.4. The number of hydrogen-bond donors (Lipinski definition) is 2. The fraction of sp³-hybridized carbons (Fsp3) is 0.625. The minimum atomic E-state index is -0.0293. The number of hydrogen-bond acceptors (Lipinski definition) is 2. The first-order chi connectivity index (χ1) is 8.18. The fourth-order valence-corrected chi connectivity index (χ4v) is 2.94. The van der Waals surface area contributed by atoms with Crippen molar-refractivity contribution in [3.63, 3.8) is 0 Å². The van der Waals surface area contributed by atoms with E-state index in [-0.39, 0.29) is 16.9 Å². The second-order valence-electron chi connectivity index (χ2n) is 6.88. The van der Waals surface area contributed by atoms with Crippen LogP contribution in [0.3, 0.4) is 0 Å². The predicted octanol–water partition coefficient (Wildman–Crippen LogP) is 3.38. The lowest BCUT2D eigenvalue weighted by atomic mass is 9.80. The molecule has 0 saturated heterocycles. The molecule has 1 atom stereocenters. The summed E-state index contributed by atoms with van der Waals surface area (Å²) in [4.78, 5) is 0. The van der Waals surface area contributed by atoms with E-state index in [2.05, 4.69) is 40.7 Å². The van der Waals surface area contributed by atoms with E-state index in [1.54, 1.807) is 0 Å². The largest absolute Gasteiger partial charge is 0.508 e. The number of phenolic OH excluding ortho intramolecular Hbond substituents is 1. The van der Waals surface area contributed by atoms with Crippen LogP contribution in [0.15, 0.2) is 12.1 Å². The minimum Gasteiger partial charge on any atom is -0.508 e. The molecule has 0 radical (unpaired) electrons. The molecule has 0 bridgehead atoms. The molecule has 0 amide bonds. The molecule has 0 aliphatic heterocycles. The lowest BCUT2D eigenvalue weighted by Gasteiger charge is -2.26. The van der Waals surface area contributed by atoms with Crippen LogP contribution in [0.1, 0.15) is 57.2 Å². The summed E-state index contributed by atoms with van der Waals surface area (Å²) in [6, 6.07) is 4.23. The summed E-state index contributed by atoms with van der Waals surface area (Å²) >= 11 is 0. The Bertz CT molecular complexity index is 465. The molecule has 1 unspecified atom stereocenters. The Morgan fingerprint density at radius 3 is 2.22 bits per heavy atom. The third-order valence-electron chi connectivity index (χ3n) is 4.35. The predicted molar refractivity (Wildman–Crippen MR) is 76.1 cm³/mol. The van der Waals surface area contributed by atoms with Gasteiger partial charge in [-0.25, -0.2) is 0 Å². The van der Waals surface area contributed by atoms with Gasteiger partial charge in [0.05, 0.1) is 0 Å². The van der Waals surface area contributed by atoms with E-state index in [9.17, 15) is 5.11 Å². The summed E-state index contributed by atoms with van der Waals surface area (Å²) in [5.74, 6) is 0.412. The van der Waals surface area contributed by atoms with Crippen LogP contribution in [0.5, 0.6) is 5.75 Å². The van der Waals surface area contributed by atoms with Crippen molar-refractivity contribution >= 4 is 0 Å². The molecule has 0 heterocycles. The molecule has 2 nitrogen and oxygen atoms in total. The van der Waals surface area contributed by atoms with Crippen LogP contribution < -0.4 is 5.73 Å². The van der Waals surface area contributed by atoms with Crippen molar-refractivity contribution in [1.29, 1.82) is 0 Å². The van der Waals surface area contributed by atoms with E-state index in [1.165, 1.54) is 11.1 Å². The molecule has 1 fully saturated rings. The monoisotopic (exact) mass is 247 g/mol. The van der Waals surface area contributed by atoms with Gasteiger partial charge in [0.2, 0.25) is 0 Å². The average molecular weight is 247 g/mol. The van der Waals surface area contributed by atoms with Gasteiger partial charge in [-0.1, -0.05) is 26.8 Å². The Morgan fingerprint density at radius 1 is 1.28 bits per heavy atom. The molecular weight excluding hydrogens is 222 g/mol. The first-order valence-electron chi connectivity index (χ1n) is 6.78. The van der Waals surface area contributed by atoms with Crippen LogP contribution in [0.4, 0.5) is 0 Å². The van der Waals surface area contributed by atoms with Crippen LogP contribution in [-0.4, -0.2) is 11.1 Å². The zero-order chi connectivity index (χ0) is 13.7. The van der Waals surface area contributed by atoms with Gasteiger partial charge in [-0.05, 0) is 54.9 Å². The van der Waals surface area contributed by atoms with E-state index < -0.39 is 0 Å². The molecule has 1 aliphatic rings. The van der Waals surface area contributed by atoms with E-state index in [0.29, 0.717) is 5.75 Å². The molecule has 1 aliphatic carbocycles. The van der Waals surface area contributed by atoms with Gasteiger partial charge >= 0.3 is 0 Å². The summed E-state index contributed by atoms with van der Waals surface area (Å²) in [6.07, 6.45) is 2.28. The Morgan fingerprint density at radius 2 is 1.83 bits per heavy atom. The highest BCUT2D eigenvalue weighted by Crippen LogP contribution is 2.52. The molecule has 18 heavy (non-hydrogen) atoms. The van der Waals surface area contributed by atoms with Crippen LogP contribution in [-0.2, 0) is 10.8 Å². The quantitative estimate of drug-likeness (QED) is 0.841. The van der Waals surface area contributed by atoms with Crippen LogP contribution in [0.25, 0.3) is 0 Å². The van der Waals surface area contributed by atoms with Gasteiger partial charge in [0.15, 0.2) is 0 Å². The summed E-state index contributed by atoms with van der Waals surface area (Å²) in [5, 5.41) is 10.3. The van der Waals surface area contributed by atoms with Gasteiger partial charge in [0.1, 0.15) is 5.75 Å². The highest BCUT2D eigenvalue weighted by atomic mass is 16.3. The second-order valence-corrected chi connectivity index (χ2v) is 6.88. The van der Waals surface area contributed by atoms with Gasteiger partial charge in [-0.3, -0.25) is 0 Å². The number of nitrogens with two attached hydrogens (primary N) is 1. The summed E-state index contributed by atoms with van der Waals surface area (Å²) in [6.45, 7) is 10.6. The van der Waals surface area contributed by atoms with Gasteiger partial charge in [-0.15, -0.1) is 0 Å². The highest BCUT2D eigenvalue weighted by Gasteiger charge is 2.48. The van der Waals surface area contributed by atoms with Gasteiger partial charge in [0, 0.05) is 11.5 Å². The van der Waals surface area contributed by atoms with Crippen molar-refractivity contribution in [3.05, 3.63) is 28.8 Å². The smallest absolute Gasteiger partial charge is 0.119 e. The normalized spacial score (nSPS) is 19.7. The number of aryl methyl sites for hydroxylation is 1. The molecule has 100 valence electrons. The van der Waals surface area contributed by atoms with E-state index in [1.807, 2.05) is 6.07 Å². The Balaban J connectivity index is 2.51. The van der Waals surface area contributed by atoms with Gasteiger partial charge in [0.25, 0.3) is 0 Å². The van der Waals surface area contributed by atoms with E-state index >= 15 is 0 Å². The third kappa shape index (κ3) is 2.03. The number of phenols is 1. The number of aromatic hydroxyl groups is 1. The number of benzene rings is 1. The first-order valence-corrected chi connectivity index (χ1v) is 6.78. The summed E-state index contributed by atoms with van der Waals surface area (Å²) < 4.78 is 0. The molecule has 3 N–H and O–H groups in total. The minimum absolute atomic E-state index is 0.0293. The lowest BCUT2D eigenvalue weighted by molar-refractivity contribution is 0.442. The SMILES string of the molecule is Cc1cc(C(C)(C)C)c(O)cc1C1(C(C)N)CC1. The van der Waals surface area contributed by atoms with Crippen molar-refractivity contribution in [2.24, 2.45) is 5.73 Å². The zero-order valence-corrected chi connectivity index (χ0v) is 12.2. The van der Waals surface area contributed by atoms with E-state index in [0.717, 1.165) is 18.4 Å².